The number of amides is 1. The Morgan fingerprint density at radius 3 is 2.46 bits per heavy atom. The predicted octanol–water partition coefficient (Wildman–Crippen LogP) is 3.92. The van der Waals surface area contributed by atoms with Crippen molar-refractivity contribution < 1.29 is 23.0 Å². The summed E-state index contributed by atoms with van der Waals surface area (Å²) in [5.41, 5.74) is 0.881. The Balaban J connectivity index is 1.96. The molecule has 6 heteroatoms. The Morgan fingerprint density at radius 2 is 1.92 bits per heavy atom. The van der Waals surface area contributed by atoms with Gasteiger partial charge in [-0.05, 0) is 42.9 Å². The number of carbonyl (C=O) groups is 1. The summed E-state index contributed by atoms with van der Waals surface area (Å²) in [7, 11) is 0. The highest BCUT2D eigenvalue weighted by atomic mass is 19.3. The van der Waals surface area contributed by atoms with E-state index in [1.165, 1.54) is 12.1 Å². The van der Waals surface area contributed by atoms with Crippen LogP contribution in [0.25, 0.3) is 0 Å². The van der Waals surface area contributed by atoms with Crippen LogP contribution in [0.1, 0.15) is 44.7 Å². The van der Waals surface area contributed by atoms with E-state index in [-0.39, 0.29) is 23.6 Å². The summed E-state index contributed by atoms with van der Waals surface area (Å²) < 4.78 is 34.1. The average Bonchev–Trinajstić information content (AvgIpc) is 2.60. The zero-order chi connectivity index (χ0) is 17.5. The molecule has 1 saturated heterocycles. The minimum Gasteiger partial charge on any atom is -0.435 e. The first-order valence-corrected chi connectivity index (χ1v) is 8.44. The molecule has 1 heterocycles. The number of alkyl halides is 2. The third-order valence-corrected chi connectivity index (χ3v) is 4.62. The van der Waals surface area contributed by atoms with Crippen LogP contribution in [-0.2, 0) is 9.53 Å². The predicted molar refractivity (Wildman–Crippen MR) is 87.0 cm³/mol. The van der Waals surface area contributed by atoms with Crippen LogP contribution in [0.5, 0.6) is 5.75 Å². The van der Waals surface area contributed by atoms with Crippen LogP contribution in [-0.4, -0.2) is 25.7 Å². The van der Waals surface area contributed by atoms with E-state index < -0.39 is 6.61 Å². The number of hydrogen-bond acceptors (Lipinski definition) is 3. The second kappa shape index (κ2) is 8.97. The van der Waals surface area contributed by atoms with E-state index in [0.717, 1.165) is 24.8 Å². The van der Waals surface area contributed by atoms with E-state index in [4.69, 9.17) is 4.74 Å². The number of hydrogen-bond donors (Lipinski definition) is 1. The minimum absolute atomic E-state index is 0.0293. The maximum absolute atomic E-state index is 12.5. The van der Waals surface area contributed by atoms with E-state index in [2.05, 4.69) is 10.1 Å². The maximum Gasteiger partial charge on any atom is 0.387 e. The van der Waals surface area contributed by atoms with Gasteiger partial charge in [-0.2, -0.15) is 8.78 Å². The third kappa shape index (κ3) is 5.16. The quantitative estimate of drug-likeness (QED) is 0.818. The lowest BCUT2D eigenvalue weighted by molar-refractivity contribution is -0.128. The van der Waals surface area contributed by atoms with Crippen molar-refractivity contribution in [3.8, 4) is 5.75 Å². The Kier molecular flexibility index (Phi) is 6.97. The van der Waals surface area contributed by atoms with Gasteiger partial charge in [0.2, 0.25) is 5.91 Å². The molecule has 24 heavy (non-hydrogen) atoms. The van der Waals surface area contributed by atoms with Gasteiger partial charge in [-0.25, -0.2) is 0 Å². The number of ether oxygens (including phenoxy) is 2. The summed E-state index contributed by atoms with van der Waals surface area (Å²) in [4.78, 5) is 12.5. The fourth-order valence-corrected chi connectivity index (χ4v) is 3.04. The number of halogens is 2. The number of carbonyl (C=O) groups excluding carboxylic acids is 1. The molecule has 0 saturated carbocycles. The zero-order valence-electron chi connectivity index (χ0n) is 14.1. The van der Waals surface area contributed by atoms with Crippen molar-refractivity contribution >= 4 is 5.91 Å². The SMILES string of the molecule is CC[C@@H](NC(=O)[C@@H](C)C1CCOCC1)c1ccc(OC(F)F)cc1. The number of benzene rings is 1. The normalized spacial score (nSPS) is 18.2. The third-order valence-electron chi connectivity index (χ3n) is 4.62. The van der Waals surface area contributed by atoms with Crippen molar-refractivity contribution in [1.82, 2.24) is 5.32 Å². The second-order valence-electron chi connectivity index (χ2n) is 6.16. The van der Waals surface area contributed by atoms with Crippen LogP contribution >= 0.6 is 0 Å². The smallest absolute Gasteiger partial charge is 0.387 e. The molecule has 2 atom stereocenters. The molecule has 1 N–H and O–H groups in total. The summed E-state index contributed by atoms with van der Waals surface area (Å²) in [6.07, 6.45) is 2.54. The summed E-state index contributed by atoms with van der Waals surface area (Å²) in [6, 6.07) is 6.29. The molecule has 4 nitrogen and oxygen atoms in total. The van der Waals surface area contributed by atoms with E-state index >= 15 is 0 Å². The topological polar surface area (TPSA) is 47.6 Å². The first-order valence-electron chi connectivity index (χ1n) is 8.44. The Bertz CT molecular complexity index is 516. The molecule has 1 aromatic carbocycles. The van der Waals surface area contributed by atoms with Crippen molar-refractivity contribution in [2.45, 2.75) is 45.8 Å². The van der Waals surface area contributed by atoms with E-state index in [9.17, 15) is 13.6 Å². The summed E-state index contributed by atoms with van der Waals surface area (Å²) >= 11 is 0. The van der Waals surface area contributed by atoms with Gasteiger partial charge in [0.25, 0.3) is 0 Å². The van der Waals surface area contributed by atoms with Crippen molar-refractivity contribution in [3.63, 3.8) is 0 Å². The van der Waals surface area contributed by atoms with Gasteiger partial charge in [0.15, 0.2) is 0 Å². The fraction of sp³-hybridized carbons (Fsp3) is 0.611. The molecule has 0 spiro atoms. The van der Waals surface area contributed by atoms with Crippen molar-refractivity contribution in [3.05, 3.63) is 29.8 Å². The van der Waals surface area contributed by atoms with Gasteiger partial charge in [0, 0.05) is 19.1 Å². The van der Waals surface area contributed by atoms with Gasteiger partial charge >= 0.3 is 6.61 Å². The van der Waals surface area contributed by atoms with Gasteiger partial charge in [-0.1, -0.05) is 26.0 Å². The molecule has 1 aliphatic heterocycles. The number of rotatable bonds is 7. The van der Waals surface area contributed by atoms with Crippen LogP contribution in [0, 0.1) is 11.8 Å². The summed E-state index contributed by atoms with van der Waals surface area (Å²) in [5.74, 6) is 0.426. The molecule has 1 fully saturated rings. The molecule has 0 radical (unpaired) electrons. The monoisotopic (exact) mass is 341 g/mol. The van der Waals surface area contributed by atoms with Crippen LogP contribution in [0.3, 0.4) is 0 Å². The summed E-state index contributed by atoms with van der Waals surface area (Å²) in [5, 5.41) is 3.07. The fourth-order valence-electron chi connectivity index (χ4n) is 3.04. The van der Waals surface area contributed by atoms with Gasteiger partial charge in [-0.3, -0.25) is 4.79 Å². The van der Waals surface area contributed by atoms with Crippen molar-refractivity contribution in [1.29, 1.82) is 0 Å². The van der Waals surface area contributed by atoms with Crippen LogP contribution in [0.15, 0.2) is 24.3 Å². The van der Waals surface area contributed by atoms with Gasteiger partial charge in [0.05, 0.1) is 6.04 Å². The molecular weight excluding hydrogens is 316 g/mol. The van der Waals surface area contributed by atoms with Crippen LogP contribution in [0.2, 0.25) is 0 Å². The van der Waals surface area contributed by atoms with E-state index in [0.29, 0.717) is 19.1 Å². The van der Waals surface area contributed by atoms with Crippen molar-refractivity contribution in [2.24, 2.45) is 11.8 Å². The first-order chi connectivity index (χ1) is 11.5. The second-order valence-corrected chi connectivity index (χ2v) is 6.16. The minimum atomic E-state index is -2.84. The van der Waals surface area contributed by atoms with Gasteiger partial charge < -0.3 is 14.8 Å². The average molecular weight is 341 g/mol. The van der Waals surface area contributed by atoms with Crippen LogP contribution < -0.4 is 10.1 Å². The Labute approximate surface area is 141 Å². The van der Waals surface area contributed by atoms with E-state index in [1.807, 2.05) is 13.8 Å². The molecular formula is C18H25F2NO3. The summed E-state index contributed by atoms with van der Waals surface area (Å²) in [6.45, 7) is 2.53. The highest BCUT2D eigenvalue weighted by molar-refractivity contribution is 5.79. The van der Waals surface area contributed by atoms with E-state index in [1.54, 1.807) is 12.1 Å². The zero-order valence-corrected chi connectivity index (χ0v) is 14.1. The molecule has 0 aliphatic carbocycles. The molecule has 1 amide bonds. The lowest BCUT2D eigenvalue weighted by atomic mass is 9.86. The highest BCUT2D eigenvalue weighted by Crippen LogP contribution is 2.26. The van der Waals surface area contributed by atoms with Crippen molar-refractivity contribution in [2.75, 3.05) is 13.2 Å². The maximum atomic E-state index is 12.5. The first kappa shape index (κ1) is 18.6. The molecule has 134 valence electrons. The Hall–Kier alpha value is -1.69. The molecule has 0 unspecified atom stereocenters. The highest BCUT2D eigenvalue weighted by Gasteiger charge is 2.27. The van der Waals surface area contributed by atoms with Gasteiger partial charge in [0.1, 0.15) is 5.75 Å². The number of nitrogens with one attached hydrogen (secondary N) is 1. The van der Waals surface area contributed by atoms with Gasteiger partial charge in [-0.15, -0.1) is 0 Å². The lowest BCUT2D eigenvalue weighted by Crippen LogP contribution is -2.37. The lowest BCUT2D eigenvalue weighted by Gasteiger charge is -2.28. The Morgan fingerprint density at radius 1 is 1.29 bits per heavy atom. The molecule has 0 bridgehead atoms. The molecule has 1 aliphatic rings. The van der Waals surface area contributed by atoms with Crippen LogP contribution in [0.4, 0.5) is 8.78 Å². The molecule has 0 aromatic heterocycles. The molecule has 1 aromatic rings. The molecule has 2 rings (SSSR count). The largest absolute Gasteiger partial charge is 0.435 e. The standard InChI is InChI=1S/C18H25F2NO3/c1-3-16(14-4-6-15(7-5-14)24-18(19)20)21-17(22)12(2)13-8-10-23-11-9-13/h4-7,12-13,16,18H,3,8-11H2,1-2H3,(H,21,22)/t12-,16+/m0/s1.